The molecule has 0 radical (unpaired) electrons. The first-order valence-electron chi connectivity index (χ1n) is 5.87. The molecule has 1 aromatic rings. The first-order chi connectivity index (χ1) is 9.58. The zero-order valence-corrected chi connectivity index (χ0v) is 12.5. The number of hydrazone groups is 1. The van der Waals surface area contributed by atoms with Crippen LogP contribution in [0.4, 0.5) is 0 Å². The first kappa shape index (κ1) is 16.5. The summed E-state index contributed by atoms with van der Waals surface area (Å²) in [5.74, 6) is 0.868. The maximum atomic E-state index is 8.80. The summed E-state index contributed by atoms with van der Waals surface area (Å²) in [6.07, 6.45) is 1.50. The van der Waals surface area contributed by atoms with Crippen LogP contribution in [0, 0.1) is 0 Å². The number of halogens is 1. The topological polar surface area (TPSA) is 89.1 Å². The Balaban J connectivity index is 2.99. The van der Waals surface area contributed by atoms with Gasteiger partial charge < -0.3 is 20.3 Å². The highest BCUT2D eigenvalue weighted by Gasteiger charge is 2.11. The summed E-state index contributed by atoms with van der Waals surface area (Å²) in [5.41, 5.74) is 8.39. The Bertz CT molecular complexity index is 497. The summed E-state index contributed by atoms with van der Waals surface area (Å²) < 4.78 is 10.8. The minimum absolute atomic E-state index is 0.0697. The number of hydrogen-bond acceptors (Lipinski definition) is 5. The fourth-order valence-electron chi connectivity index (χ4n) is 1.38. The number of ether oxygens (including phenoxy) is 2. The summed E-state index contributed by atoms with van der Waals surface area (Å²) >= 11 is 10.8. The van der Waals surface area contributed by atoms with E-state index in [1.165, 1.54) is 6.21 Å². The van der Waals surface area contributed by atoms with Gasteiger partial charge in [-0.3, -0.25) is 5.43 Å². The van der Waals surface area contributed by atoms with E-state index in [2.05, 4.69) is 22.7 Å². The Morgan fingerprint density at radius 3 is 2.90 bits per heavy atom. The maximum Gasteiger partial charge on any atom is 0.184 e. The fraction of sp³-hybridized carbons (Fsp3) is 0.333. The van der Waals surface area contributed by atoms with Crippen LogP contribution in [-0.2, 0) is 0 Å². The molecule has 0 unspecified atom stereocenters. The minimum atomic E-state index is -0.108. The van der Waals surface area contributed by atoms with Crippen molar-refractivity contribution in [3.63, 3.8) is 0 Å². The minimum Gasteiger partial charge on any atom is -0.490 e. The molecule has 0 heterocycles. The molecule has 0 aromatic heterocycles. The van der Waals surface area contributed by atoms with Gasteiger partial charge in [0, 0.05) is 0 Å². The van der Waals surface area contributed by atoms with Crippen LogP contribution < -0.4 is 20.6 Å². The zero-order valence-electron chi connectivity index (χ0n) is 10.9. The van der Waals surface area contributed by atoms with Crippen molar-refractivity contribution in [1.82, 2.24) is 5.43 Å². The molecule has 0 aliphatic rings. The van der Waals surface area contributed by atoms with Crippen molar-refractivity contribution in [1.29, 1.82) is 0 Å². The molecule has 6 nitrogen and oxygen atoms in total. The number of benzene rings is 1. The monoisotopic (exact) mass is 317 g/mol. The molecule has 0 amide bonds. The van der Waals surface area contributed by atoms with E-state index < -0.39 is 0 Å². The van der Waals surface area contributed by atoms with Gasteiger partial charge in [0.05, 0.1) is 24.5 Å². The highest BCUT2D eigenvalue weighted by Crippen LogP contribution is 2.36. The molecular formula is C12H16ClN3O3S. The number of hydrogen-bond donors (Lipinski definition) is 3. The van der Waals surface area contributed by atoms with Crippen molar-refractivity contribution >= 4 is 35.1 Å². The first-order valence-corrected chi connectivity index (χ1v) is 6.65. The largest absolute Gasteiger partial charge is 0.490 e. The van der Waals surface area contributed by atoms with Gasteiger partial charge in [-0.1, -0.05) is 11.6 Å². The average Bonchev–Trinajstić information content (AvgIpc) is 2.38. The number of nitrogens with zero attached hydrogens (tertiary/aromatic N) is 1. The Hall–Kier alpha value is -1.57. The van der Waals surface area contributed by atoms with Gasteiger partial charge in [0.2, 0.25) is 0 Å². The fourth-order valence-corrected chi connectivity index (χ4v) is 1.71. The van der Waals surface area contributed by atoms with E-state index in [0.29, 0.717) is 28.7 Å². The molecule has 0 aliphatic carbocycles. The van der Waals surface area contributed by atoms with Crippen LogP contribution in [-0.4, -0.2) is 36.3 Å². The van der Waals surface area contributed by atoms with Crippen molar-refractivity contribution in [2.75, 3.05) is 19.8 Å². The molecular weight excluding hydrogens is 302 g/mol. The summed E-state index contributed by atoms with van der Waals surface area (Å²) in [5, 5.41) is 13.1. The molecule has 0 bridgehead atoms. The average molecular weight is 318 g/mol. The molecule has 1 rings (SSSR count). The second kappa shape index (κ2) is 8.57. The third kappa shape index (κ3) is 5.20. The quantitative estimate of drug-likeness (QED) is 0.399. The van der Waals surface area contributed by atoms with Gasteiger partial charge in [-0.05, 0) is 36.8 Å². The number of nitrogens with one attached hydrogen (secondary N) is 1. The highest BCUT2D eigenvalue weighted by atomic mass is 35.5. The van der Waals surface area contributed by atoms with Gasteiger partial charge in [-0.2, -0.15) is 5.10 Å². The molecule has 0 spiro atoms. The molecule has 1 aromatic carbocycles. The van der Waals surface area contributed by atoms with Crippen molar-refractivity contribution in [2.45, 2.75) is 6.92 Å². The molecule has 4 N–H and O–H groups in total. The van der Waals surface area contributed by atoms with E-state index >= 15 is 0 Å². The Morgan fingerprint density at radius 1 is 1.55 bits per heavy atom. The van der Waals surface area contributed by atoms with Crippen LogP contribution in [0.5, 0.6) is 11.5 Å². The van der Waals surface area contributed by atoms with Gasteiger partial charge in [-0.15, -0.1) is 0 Å². The number of aliphatic hydroxyl groups is 1. The number of aliphatic hydroxyl groups excluding tert-OH is 1. The molecule has 0 fully saturated rings. The molecule has 0 atom stereocenters. The third-order valence-electron chi connectivity index (χ3n) is 2.06. The van der Waals surface area contributed by atoms with Gasteiger partial charge in [0.15, 0.2) is 16.6 Å². The van der Waals surface area contributed by atoms with E-state index in [4.69, 9.17) is 31.9 Å². The molecule has 0 saturated heterocycles. The van der Waals surface area contributed by atoms with Gasteiger partial charge in [-0.25, -0.2) is 0 Å². The van der Waals surface area contributed by atoms with Crippen molar-refractivity contribution < 1.29 is 14.6 Å². The second-order valence-corrected chi connectivity index (χ2v) is 4.42. The van der Waals surface area contributed by atoms with Crippen molar-refractivity contribution in [3.05, 3.63) is 22.7 Å². The number of nitrogens with two attached hydrogens (primary N) is 1. The van der Waals surface area contributed by atoms with Crippen LogP contribution in [0.2, 0.25) is 5.02 Å². The standard InChI is InChI=1S/C12H16ClN3O3S/c1-2-18-10-6-8(7-15-16-12(14)20)5-9(13)11(10)19-4-3-17/h5-7,17H,2-4H2,1H3,(H3,14,16,20)/b15-7+. The van der Waals surface area contributed by atoms with E-state index in [9.17, 15) is 0 Å². The second-order valence-electron chi connectivity index (χ2n) is 3.57. The van der Waals surface area contributed by atoms with Gasteiger partial charge in [0.25, 0.3) is 0 Å². The lowest BCUT2D eigenvalue weighted by Gasteiger charge is -2.13. The van der Waals surface area contributed by atoms with Crippen LogP contribution >= 0.6 is 23.8 Å². The number of thiocarbonyl (C=S) groups is 1. The van der Waals surface area contributed by atoms with Gasteiger partial charge >= 0.3 is 0 Å². The third-order valence-corrected chi connectivity index (χ3v) is 2.43. The van der Waals surface area contributed by atoms with Crippen molar-refractivity contribution in [2.24, 2.45) is 10.8 Å². The molecule has 0 saturated carbocycles. The predicted octanol–water partition coefficient (Wildman–Crippen LogP) is 1.28. The summed E-state index contributed by atoms with van der Waals surface area (Å²) in [4.78, 5) is 0. The summed E-state index contributed by atoms with van der Waals surface area (Å²) in [6, 6.07) is 3.37. The Morgan fingerprint density at radius 2 is 2.30 bits per heavy atom. The maximum absolute atomic E-state index is 8.80. The normalized spacial score (nSPS) is 10.6. The highest BCUT2D eigenvalue weighted by molar-refractivity contribution is 7.80. The molecule has 110 valence electrons. The van der Waals surface area contributed by atoms with E-state index in [0.717, 1.165) is 0 Å². The smallest absolute Gasteiger partial charge is 0.184 e. The predicted molar refractivity (Wildman–Crippen MR) is 82.7 cm³/mol. The lowest BCUT2D eigenvalue weighted by Crippen LogP contribution is -2.23. The van der Waals surface area contributed by atoms with E-state index in [1.54, 1.807) is 12.1 Å². The Kier molecular flexibility index (Phi) is 7.06. The molecule has 0 aliphatic heterocycles. The zero-order chi connectivity index (χ0) is 15.0. The summed E-state index contributed by atoms with van der Waals surface area (Å²) in [6.45, 7) is 2.33. The lowest BCUT2D eigenvalue weighted by atomic mass is 10.2. The van der Waals surface area contributed by atoms with Crippen molar-refractivity contribution in [3.8, 4) is 11.5 Å². The summed E-state index contributed by atoms with van der Waals surface area (Å²) in [7, 11) is 0. The lowest BCUT2D eigenvalue weighted by molar-refractivity contribution is 0.194. The van der Waals surface area contributed by atoms with Crippen LogP contribution in [0.3, 0.4) is 0 Å². The molecule has 20 heavy (non-hydrogen) atoms. The van der Waals surface area contributed by atoms with Crippen LogP contribution in [0.1, 0.15) is 12.5 Å². The van der Waals surface area contributed by atoms with Gasteiger partial charge in [0.1, 0.15) is 6.61 Å². The Labute approximate surface area is 127 Å². The van der Waals surface area contributed by atoms with E-state index in [1.807, 2.05) is 6.92 Å². The van der Waals surface area contributed by atoms with E-state index in [-0.39, 0.29) is 18.3 Å². The van der Waals surface area contributed by atoms with Crippen LogP contribution in [0.15, 0.2) is 17.2 Å². The van der Waals surface area contributed by atoms with Crippen LogP contribution in [0.25, 0.3) is 0 Å². The SMILES string of the molecule is CCOc1cc(/C=N/NC(N)=S)cc(Cl)c1OCCO. The molecule has 8 heteroatoms. The number of rotatable bonds is 7.